The third kappa shape index (κ3) is 4.73. The van der Waals surface area contributed by atoms with Crippen molar-refractivity contribution in [2.75, 3.05) is 13.2 Å². The van der Waals surface area contributed by atoms with Crippen LogP contribution in [0.4, 0.5) is 0 Å². The van der Waals surface area contributed by atoms with Crippen molar-refractivity contribution in [3.63, 3.8) is 0 Å². The number of nitrogen functional groups attached to an aromatic ring is 1. The zero-order valence-electron chi connectivity index (χ0n) is 15.0. The summed E-state index contributed by atoms with van der Waals surface area (Å²) in [4.78, 5) is 16.1. The summed E-state index contributed by atoms with van der Waals surface area (Å²) in [6.07, 6.45) is 1.94. The number of aromatic nitrogens is 1. The molecule has 4 N–H and O–H groups in total. The van der Waals surface area contributed by atoms with Crippen molar-refractivity contribution in [2.24, 2.45) is 5.73 Å². The molecule has 1 aliphatic rings. The van der Waals surface area contributed by atoms with E-state index in [1.54, 1.807) is 49.5 Å². The molecule has 1 aromatic heterocycles. The average molecular weight is 370 g/mol. The minimum absolute atomic E-state index is 0.00621. The fourth-order valence-electron chi connectivity index (χ4n) is 2.75. The van der Waals surface area contributed by atoms with Gasteiger partial charge in [-0.15, -0.1) is 0 Å². The number of ether oxygens (including phenoxy) is 3. The number of nitrogens with zero attached hydrogens (tertiary/aromatic N) is 1. The monoisotopic (exact) mass is 370 g/mol. The Morgan fingerprint density at radius 1 is 1.33 bits per heavy atom. The number of benzene rings is 1. The van der Waals surface area contributed by atoms with Crippen LogP contribution >= 0.6 is 0 Å². The quantitative estimate of drug-likeness (QED) is 0.386. The molecule has 1 saturated heterocycles. The fraction of sp³-hybridized carbons (Fsp3) is 0.316. The predicted octanol–water partition coefficient (Wildman–Crippen LogP) is 1.83. The number of pyridine rings is 1. The van der Waals surface area contributed by atoms with Crippen LogP contribution in [0, 0.1) is 5.41 Å². The van der Waals surface area contributed by atoms with Crippen LogP contribution in [0.1, 0.15) is 18.9 Å². The highest BCUT2D eigenvalue weighted by molar-refractivity contribution is 5.94. The highest BCUT2D eigenvalue weighted by atomic mass is 16.5. The largest absolute Gasteiger partial charge is 0.483 e. The molecule has 1 aromatic carbocycles. The van der Waals surface area contributed by atoms with Crippen molar-refractivity contribution in [1.82, 2.24) is 10.3 Å². The summed E-state index contributed by atoms with van der Waals surface area (Å²) in [6, 6.07) is 9.98. The first-order valence-corrected chi connectivity index (χ1v) is 8.70. The smallest absolute Gasteiger partial charge is 0.323 e. The van der Waals surface area contributed by atoms with Gasteiger partial charge in [0.1, 0.15) is 23.7 Å². The maximum absolute atomic E-state index is 11.8. The first kappa shape index (κ1) is 18.7. The first-order valence-electron chi connectivity index (χ1n) is 8.70. The van der Waals surface area contributed by atoms with Crippen LogP contribution < -0.4 is 20.5 Å². The zero-order valence-corrected chi connectivity index (χ0v) is 15.0. The van der Waals surface area contributed by atoms with E-state index in [0.717, 1.165) is 0 Å². The minimum atomic E-state index is -0.366. The van der Waals surface area contributed by atoms with E-state index in [4.69, 9.17) is 25.4 Å². The molecular formula is C19H22N4O4. The van der Waals surface area contributed by atoms with Crippen molar-refractivity contribution in [3.8, 4) is 17.4 Å². The van der Waals surface area contributed by atoms with Gasteiger partial charge in [0.2, 0.25) is 0 Å². The summed E-state index contributed by atoms with van der Waals surface area (Å²) in [5, 5.41) is 10.5. The molecule has 27 heavy (non-hydrogen) atoms. The number of carbonyl (C=O) groups excluding carboxylic acids is 1. The lowest BCUT2D eigenvalue weighted by molar-refractivity contribution is -0.145. The summed E-state index contributed by atoms with van der Waals surface area (Å²) in [5.41, 5.74) is 6.07. The van der Waals surface area contributed by atoms with Gasteiger partial charge in [-0.3, -0.25) is 10.2 Å². The third-order valence-electron chi connectivity index (χ3n) is 4.07. The van der Waals surface area contributed by atoms with Gasteiger partial charge in [0.15, 0.2) is 5.75 Å². The van der Waals surface area contributed by atoms with Crippen LogP contribution in [0.15, 0.2) is 42.6 Å². The molecule has 8 nitrogen and oxygen atoms in total. The van der Waals surface area contributed by atoms with Crippen LogP contribution in [-0.2, 0) is 9.53 Å². The summed E-state index contributed by atoms with van der Waals surface area (Å²) in [5.74, 6) is 1.10. The Balaban J connectivity index is 1.66. The maximum Gasteiger partial charge on any atom is 0.323 e. The SMILES string of the molecule is CCOC(=O)C1CC(Oc2cccnc2Oc2ccc(C(=N)N)cc2)CN1. The highest BCUT2D eigenvalue weighted by Crippen LogP contribution is 2.30. The molecule has 1 aliphatic heterocycles. The van der Waals surface area contributed by atoms with Gasteiger partial charge in [-0.1, -0.05) is 0 Å². The second kappa shape index (κ2) is 8.50. The molecule has 142 valence electrons. The normalized spacial score (nSPS) is 18.7. The highest BCUT2D eigenvalue weighted by Gasteiger charge is 2.32. The summed E-state index contributed by atoms with van der Waals surface area (Å²) >= 11 is 0. The number of amidine groups is 1. The van der Waals surface area contributed by atoms with E-state index in [0.29, 0.717) is 42.5 Å². The number of carbonyl (C=O) groups is 1. The molecule has 0 radical (unpaired) electrons. The van der Waals surface area contributed by atoms with Gasteiger partial charge in [0.25, 0.3) is 5.88 Å². The van der Waals surface area contributed by atoms with Crippen LogP contribution in [0.2, 0.25) is 0 Å². The Kier molecular flexibility index (Phi) is 5.87. The minimum Gasteiger partial charge on any atom is -0.483 e. The Morgan fingerprint density at radius 3 is 2.81 bits per heavy atom. The average Bonchev–Trinajstić information content (AvgIpc) is 3.13. The summed E-state index contributed by atoms with van der Waals surface area (Å²) in [6.45, 7) is 2.67. The van der Waals surface area contributed by atoms with Crippen molar-refractivity contribution >= 4 is 11.8 Å². The van der Waals surface area contributed by atoms with E-state index in [9.17, 15) is 4.79 Å². The van der Waals surface area contributed by atoms with E-state index in [2.05, 4.69) is 10.3 Å². The van der Waals surface area contributed by atoms with E-state index in [1.807, 2.05) is 0 Å². The van der Waals surface area contributed by atoms with Gasteiger partial charge in [-0.05, 0) is 43.3 Å². The molecule has 3 rings (SSSR count). The molecule has 0 amide bonds. The molecule has 8 heteroatoms. The standard InChI is InChI=1S/C19H22N4O4/c1-2-25-19(24)15-10-14(11-23-15)26-16-4-3-9-22-18(16)27-13-7-5-12(6-8-13)17(20)21/h3-9,14-15,23H,2,10-11H2,1H3,(H3,20,21). The second-order valence-electron chi connectivity index (χ2n) is 6.04. The predicted molar refractivity (Wildman–Crippen MR) is 99.2 cm³/mol. The van der Waals surface area contributed by atoms with Crippen molar-refractivity contribution < 1.29 is 19.0 Å². The van der Waals surface area contributed by atoms with Crippen LogP contribution in [0.3, 0.4) is 0 Å². The van der Waals surface area contributed by atoms with E-state index >= 15 is 0 Å². The number of rotatable bonds is 7. The second-order valence-corrected chi connectivity index (χ2v) is 6.04. The number of hydrogen-bond donors (Lipinski definition) is 3. The lowest BCUT2D eigenvalue weighted by Crippen LogP contribution is -2.32. The maximum atomic E-state index is 11.8. The fourth-order valence-corrected chi connectivity index (χ4v) is 2.75. The summed E-state index contributed by atoms with van der Waals surface area (Å²) in [7, 11) is 0. The van der Waals surface area contributed by atoms with Gasteiger partial charge in [-0.2, -0.15) is 0 Å². The molecule has 2 heterocycles. The number of esters is 1. The first-order chi connectivity index (χ1) is 13.1. The van der Waals surface area contributed by atoms with Crippen LogP contribution in [0.25, 0.3) is 0 Å². The topological polar surface area (TPSA) is 120 Å². The number of hydrogen-bond acceptors (Lipinski definition) is 7. The molecule has 1 fully saturated rings. The van der Waals surface area contributed by atoms with E-state index in [-0.39, 0.29) is 24.0 Å². The van der Waals surface area contributed by atoms with Crippen LogP contribution in [0.5, 0.6) is 17.4 Å². The molecule has 0 bridgehead atoms. The lowest BCUT2D eigenvalue weighted by atomic mass is 10.2. The molecule has 2 atom stereocenters. The Labute approximate surface area is 157 Å². The van der Waals surface area contributed by atoms with E-state index < -0.39 is 0 Å². The zero-order chi connectivity index (χ0) is 19.2. The van der Waals surface area contributed by atoms with Crippen molar-refractivity contribution in [1.29, 1.82) is 5.41 Å². The van der Waals surface area contributed by atoms with Gasteiger partial charge < -0.3 is 25.3 Å². The van der Waals surface area contributed by atoms with Gasteiger partial charge in [0, 0.05) is 24.7 Å². The molecule has 0 spiro atoms. The molecular weight excluding hydrogens is 348 g/mol. The Bertz CT molecular complexity index is 810. The van der Waals surface area contributed by atoms with Crippen LogP contribution in [-0.4, -0.2) is 42.1 Å². The third-order valence-corrected chi connectivity index (χ3v) is 4.07. The van der Waals surface area contributed by atoms with Gasteiger partial charge in [0.05, 0.1) is 6.61 Å². The Hall–Kier alpha value is -3.13. The Morgan fingerprint density at radius 2 is 2.11 bits per heavy atom. The molecule has 2 unspecified atom stereocenters. The number of nitrogens with one attached hydrogen (secondary N) is 2. The van der Waals surface area contributed by atoms with Crippen molar-refractivity contribution in [3.05, 3.63) is 48.2 Å². The molecule has 0 aliphatic carbocycles. The van der Waals surface area contributed by atoms with Gasteiger partial charge >= 0.3 is 5.97 Å². The lowest BCUT2D eigenvalue weighted by Gasteiger charge is -2.15. The van der Waals surface area contributed by atoms with Gasteiger partial charge in [-0.25, -0.2) is 4.98 Å². The number of nitrogens with two attached hydrogens (primary N) is 1. The molecule has 2 aromatic rings. The molecule has 0 saturated carbocycles. The summed E-state index contributed by atoms with van der Waals surface area (Å²) < 4.78 is 16.8. The van der Waals surface area contributed by atoms with Crippen molar-refractivity contribution in [2.45, 2.75) is 25.5 Å². The van der Waals surface area contributed by atoms with E-state index in [1.165, 1.54) is 0 Å².